The first-order chi connectivity index (χ1) is 8.94. The van der Waals surface area contributed by atoms with Gasteiger partial charge in [0.15, 0.2) is 0 Å². The highest BCUT2D eigenvalue weighted by Gasteiger charge is 2.79. The van der Waals surface area contributed by atoms with Gasteiger partial charge in [0.05, 0.1) is 0 Å². The number of carbonyl (C=O) groups excluding carboxylic acids is 1. The van der Waals surface area contributed by atoms with E-state index in [4.69, 9.17) is 0 Å². The minimum atomic E-state index is -7.18. The fraction of sp³-hybridized carbons (Fsp3) is 0.857. The minimum Gasteiger partial charge on any atom is -0.354 e. The van der Waals surface area contributed by atoms with Crippen molar-refractivity contribution in [1.29, 1.82) is 0 Å². The Hall–Kier alpha value is -1.34. The van der Waals surface area contributed by atoms with Crippen LogP contribution in [0, 0.1) is 0 Å². The molecule has 0 aliphatic heterocycles. The molecule has 0 unspecified atom stereocenters. The third-order valence-corrected chi connectivity index (χ3v) is 1.87. The highest BCUT2D eigenvalue weighted by molar-refractivity contribution is 5.84. The van der Waals surface area contributed by atoms with E-state index < -0.39 is 36.1 Å². The van der Waals surface area contributed by atoms with Crippen molar-refractivity contribution in [2.24, 2.45) is 0 Å². The molecule has 0 saturated heterocycles. The van der Waals surface area contributed by atoms with Gasteiger partial charge in [-0.2, -0.15) is 48.3 Å². The van der Waals surface area contributed by atoms with Gasteiger partial charge in [0.2, 0.25) is 0 Å². The molecule has 0 saturated carbocycles. The zero-order chi connectivity index (χ0) is 17.5. The fourth-order valence-electron chi connectivity index (χ4n) is 0.799. The fourth-order valence-corrected chi connectivity index (χ4v) is 0.799. The molecule has 0 radical (unpaired) electrons. The third kappa shape index (κ3) is 3.29. The lowest BCUT2D eigenvalue weighted by Crippen LogP contribution is -2.63. The van der Waals surface area contributed by atoms with Gasteiger partial charge in [0.25, 0.3) is 5.91 Å². The molecule has 21 heavy (non-hydrogen) atoms. The molecule has 0 bridgehead atoms. The molecule has 1 amide bonds. The van der Waals surface area contributed by atoms with Gasteiger partial charge < -0.3 is 5.32 Å². The van der Waals surface area contributed by atoms with Crippen LogP contribution in [0.25, 0.3) is 0 Å². The third-order valence-electron chi connectivity index (χ3n) is 1.87. The monoisotopic (exact) mass is 343 g/mol. The van der Waals surface area contributed by atoms with Crippen molar-refractivity contribution < 1.29 is 57.8 Å². The van der Waals surface area contributed by atoms with Crippen molar-refractivity contribution in [3.05, 3.63) is 0 Å². The van der Waals surface area contributed by atoms with Gasteiger partial charge in [-0.15, -0.1) is 0 Å². The summed E-state index contributed by atoms with van der Waals surface area (Å²) in [7, 11) is 0.270. The number of carbonyl (C=O) groups is 1. The Balaban J connectivity index is 5.82. The van der Waals surface area contributed by atoms with E-state index in [2.05, 4.69) is 0 Å². The minimum absolute atomic E-state index is 0.270. The quantitative estimate of drug-likeness (QED) is 0.798. The lowest BCUT2D eigenvalue weighted by molar-refractivity contribution is -0.472. The molecule has 0 aromatic heterocycles. The van der Waals surface area contributed by atoms with Crippen LogP contribution >= 0.6 is 0 Å². The van der Waals surface area contributed by atoms with E-state index in [9.17, 15) is 53.1 Å². The molecule has 0 fully saturated rings. The van der Waals surface area contributed by atoms with Crippen LogP contribution in [0.2, 0.25) is 0 Å². The number of likely N-dealkylation sites (N-methyl/N-ethyl adjacent to an activating group) is 1. The summed E-state index contributed by atoms with van der Waals surface area (Å²) in [5, 5.41) is 0.806. The molecule has 0 heterocycles. The Morgan fingerprint density at radius 3 is 1.43 bits per heavy atom. The maximum Gasteiger partial charge on any atom is 0.462 e. The molecule has 0 aliphatic rings. The van der Waals surface area contributed by atoms with Crippen molar-refractivity contribution >= 4 is 5.91 Å². The van der Waals surface area contributed by atoms with Gasteiger partial charge in [0.1, 0.15) is 0 Å². The van der Waals surface area contributed by atoms with Crippen LogP contribution in [-0.2, 0) is 9.53 Å². The highest BCUT2D eigenvalue weighted by atomic mass is 19.4. The molecule has 0 rings (SSSR count). The van der Waals surface area contributed by atoms with Gasteiger partial charge in [-0.3, -0.25) is 9.53 Å². The van der Waals surface area contributed by atoms with Crippen LogP contribution in [-0.4, -0.2) is 43.2 Å². The first-order valence-electron chi connectivity index (χ1n) is 4.44. The number of nitrogens with one attached hydrogen (secondary N) is 1. The average molecular weight is 343 g/mol. The second kappa shape index (κ2) is 5.14. The first kappa shape index (κ1) is 19.7. The van der Waals surface area contributed by atoms with Gasteiger partial charge >= 0.3 is 30.2 Å². The van der Waals surface area contributed by atoms with Crippen molar-refractivity contribution in [2.75, 3.05) is 7.05 Å². The second-order valence-corrected chi connectivity index (χ2v) is 3.36. The van der Waals surface area contributed by atoms with E-state index in [1.165, 1.54) is 0 Å². The lowest BCUT2D eigenvalue weighted by atomic mass is 10.2. The van der Waals surface area contributed by atoms with E-state index in [0.29, 0.717) is 0 Å². The Bertz CT molecular complexity index is 400. The predicted octanol–water partition coefficient (Wildman–Crippen LogP) is 2.77. The second-order valence-electron chi connectivity index (χ2n) is 3.36. The zero-order valence-electron chi connectivity index (χ0n) is 9.47. The average Bonchev–Trinajstić information content (AvgIpc) is 2.23. The van der Waals surface area contributed by atoms with E-state index in [1.54, 1.807) is 0 Å². The molecular weight excluding hydrogens is 339 g/mol. The molecule has 0 spiro atoms. The smallest absolute Gasteiger partial charge is 0.354 e. The van der Waals surface area contributed by atoms with E-state index in [1.807, 2.05) is 4.74 Å². The van der Waals surface area contributed by atoms with Crippen LogP contribution in [0.4, 0.5) is 48.3 Å². The topological polar surface area (TPSA) is 38.3 Å². The van der Waals surface area contributed by atoms with Crippen molar-refractivity contribution in [3.8, 4) is 0 Å². The van der Waals surface area contributed by atoms with Gasteiger partial charge in [0, 0.05) is 7.05 Å². The number of hydrogen-bond acceptors (Lipinski definition) is 2. The molecule has 1 N–H and O–H groups in total. The lowest BCUT2D eigenvalue weighted by Gasteiger charge is -2.33. The number of amides is 1. The van der Waals surface area contributed by atoms with Gasteiger partial charge in [-0.05, 0) is 0 Å². The van der Waals surface area contributed by atoms with Gasteiger partial charge in [-0.1, -0.05) is 0 Å². The largest absolute Gasteiger partial charge is 0.462 e. The molecule has 3 nitrogen and oxygen atoms in total. The van der Waals surface area contributed by atoms with Gasteiger partial charge in [-0.25, -0.2) is 0 Å². The Morgan fingerprint density at radius 1 is 0.810 bits per heavy atom. The maximum absolute atomic E-state index is 13.2. The summed E-state index contributed by atoms with van der Waals surface area (Å²) in [6.45, 7) is 0. The summed E-state index contributed by atoms with van der Waals surface area (Å²) in [5.74, 6) is -16.4. The predicted molar refractivity (Wildman–Crippen MR) is 41.0 cm³/mol. The molecular formula is C7H4F11NO2. The summed E-state index contributed by atoms with van der Waals surface area (Å²) < 4.78 is 136. The van der Waals surface area contributed by atoms with Crippen LogP contribution in [0.1, 0.15) is 0 Å². The summed E-state index contributed by atoms with van der Waals surface area (Å²) in [5.41, 5.74) is 0. The first-order valence-corrected chi connectivity index (χ1v) is 4.44. The highest BCUT2D eigenvalue weighted by Crippen LogP contribution is 2.50. The maximum atomic E-state index is 13.2. The van der Waals surface area contributed by atoms with Crippen LogP contribution in [0.5, 0.6) is 0 Å². The van der Waals surface area contributed by atoms with E-state index in [0.717, 1.165) is 5.32 Å². The summed E-state index contributed by atoms with van der Waals surface area (Å²) in [6, 6.07) is 0. The summed E-state index contributed by atoms with van der Waals surface area (Å²) in [4.78, 5) is 10.5. The summed E-state index contributed by atoms with van der Waals surface area (Å²) in [6.07, 6.45) is -20.7. The molecule has 14 heteroatoms. The molecule has 126 valence electrons. The van der Waals surface area contributed by atoms with E-state index in [-0.39, 0.29) is 7.05 Å². The summed E-state index contributed by atoms with van der Waals surface area (Å²) >= 11 is 0. The van der Waals surface area contributed by atoms with E-state index >= 15 is 0 Å². The molecule has 1 atom stereocenters. The number of alkyl halides is 11. The Kier molecular flexibility index (Phi) is 4.81. The molecule has 0 aromatic rings. The molecule has 0 aliphatic carbocycles. The van der Waals surface area contributed by atoms with Crippen LogP contribution < -0.4 is 5.32 Å². The normalized spacial score (nSPS) is 17.3. The Morgan fingerprint density at radius 2 is 1.19 bits per heavy atom. The van der Waals surface area contributed by atoms with Crippen LogP contribution in [0.15, 0.2) is 0 Å². The zero-order valence-corrected chi connectivity index (χ0v) is 9.47. The van der Waals surface area contributed by atoms with Crippen molar-refractivity contribution in [3.63, 3.8) is 0 Å². The van der Waals surface area contributed by atoms with Crippen molar-refractivity contribution in [1.82, 2.24) is 5.32 Å². The number of halogens is 11. The van der Waals surface area contributed by atoms with Crippen LogP contribution in [0.3, 0.4) is 0 Å². The number of ether oxygens (including phenoxy) is 1. The number of rotatable bonds is 4. The SMILES string of the molecule is CNC(=O)[C@](F)(OC(F)(F)C(F)(F)C(F)(F)F)C(F)(F)F. The number of hydrogen-bond donors (Lipinski definition) is 1. The molecule has 0 aromatic carbocycles. The standard InChI is InChI=1S/C7H4F11NO2/c1-19-2(20)3(8,5(11,12)13)21-7(17,18)4(9,10)6(14,15)16/h1H3,(H,19,20)/t3-/m0/s1. The Labute approximate surface area is 108 Å². The van der Waals surface area contributed by atoms with Crippen molar-refractivity contribution in [2.45, 2.75) is 30.2 Å².